The molecule has 1 amide bonds. The van der Waals surface area contributed by atoms with Crippen LogP contribution in [-0.2, 0) is 9.53 Å². The molecule has 0 saturated carbocycles. The van der Waals surface area contributed by atoms with Crippen molar-refractivity contribution >= 4 is 27.5 Å². The van der Waals surface area contributed by atoms with E-state index in [2.05, 4.69) is 21.2 Å². The predicted molar refractivity (Wildman–Crippen MR) is 88.6 cm³/mol. The maximum atomic E-state index is 12.5. The second-order valence-corrected chi connectivity index (χ2v) is 6.68. The molecule has 1 fully saturated rings. The van der Waals surface area contributed by atoms with Crippen LogP contribution in [0.15, 0.2) is 22.7 Å². The van der Waals surface area contributed by atoms with Gasteiger partial charge in [-0.1, -0.05) is 15.9 Å². The number of halogens is 1. The van der Waals surface area contributed by atoms with Gasteiger partial charge in [0, 0.05) is 23.2 Å². The number of anilines is 1. The van der Waals surface area contributed by atoms with E-state index in [0.29, 0.717) is 13.1 Å². The number of nitrogens with zero attached hydrogens (tertiary/aromatic N) is 1. The van der Waals surface area contributed by atoms with Crippen molar-refractivity contribution in [1.82, 2.24) is 4.90 Å². The van der Waals surface area contributed by atoms with Crippen molar-refractivity contribution in [3.05, 3.63) is 28.2 Å². The molecular formula is C16H23BrN2O2. The molecule has 1 aromatic rings. The summed E-state index contributed by atoms with van der Waals surface area (Å²) < 4.78 is 6.75. The maximum Gasteiger partial charge on any atom is 0.244 e. The smallest absolute Gasteiger partial charge is 0.244 e. The van der Waals surface area contributed by atoms with Crippen molar-refractivity contribution in [1.29, 1.82) is 0 Å². The van der Waals surface area contributed by atoms with Crippen LogP contribution in [-0.4, -0.2) is 42.1 Å². The molecular weight excluding hydrogens is 332 g/mol. The summed E-state index contributed by atoms with van der Waals surface area (Å²) in [5.74, 6) is 0.123. The zero-order valence-electron chi connectivity index (χ0n) is 13.0. The van der Waals surface area contributed by atoms with Crippen LogP contribution < -0.4 is 5.32 Å². The SMILES string of the molecule is Cc1cc(N[C@@H](C)C(=O)N2C[C@@H](C)O[C@H](C)C2)ccc1Br. The molecule has 1 saturated heterocycles. The Labute approximate surface area is 135 Å². The minimum atomic E-state index is -0.247. The third kappa shape index (κ3) is 4.20. The molecule has 1 aliphatic rings. The Morgan fingerprint density at radius 3 is 2.57 bits per heavy atom. The van der Waals surface area contributed by atoms with Crippen LogP contribution in [0.25, 0.3) is 0 Å². The molecule has 116 valence electrons. The van der Waals surface area contributed by atoms with E-state index in [4.69, 9.17) is 4.74 Å². The zero-order chi connectivity index (χ0) is 15.6. The maximum absolute atomic E-state index is 12.5. The van der Waals surface area contributed by atoms with Gasteiger partial charge in [-0.3, -0.25) is 4.79 Å². The first kappa shape index (κ1) is 16.3. The van der Waals surface area contributed by atoms with Gasteiger partial charge in [-0.15, -0.1) is 0 Å². The molecule has 0 aliphatic carbocycles. The monoisotopic (exact) mass is 354 g/mol. The Hall–Kier alpha value is -1.07. The highest BCUT2D eigenvalue weighted by Crippen LogP contribution is 2.21. The Balaban J connectivity index is 2.00. The number of benzene rings is 1. The summed E-state index contributed by atoms with van der Waals surface area (Å²) in [5.41, 5.74) is 2.11. The van der Waals surface area contributed by atoms with Gasteiger partial charge in [0.25, 0.3) is 0 Å². The number of ether oxygens (including phenoxy) is 1. The number of hydrogen-bond acceptors (Lipinski definition) is 3. The third-order valence-corrected chi connectivity index (χ3v) is 4.53. The van der Waals surface area contributed by atoms with Gasteiger partial charge >= 0.3 is 0 Å². The summed E-state index contributed by atoms with van der Waals surface area (Å²) in [7, 11) is 0. The summed E-state index contributed by atoms with van der Waals surface area (Å²) in [6.07, 6.45) is 0.194. The largest absolute Gasteiger partial charge is 0.374 e. The molecule has 0 radical (unpaired) electrons. The first-order valence-electron chi connectivity index (χ1n) is 7.33. The number of hydrogen-bond donors (Lipinski definition) is 1. The van der Waals surface area contributed by atoms with Gasteiger partial charge in [-0.2, -0.15) is 0 Å². The average Bonchev–Trinajstić information content (AvgIpc) is 2.41. The van der Waals surface area contributed by atoms with Gasteiger partial charge in [-0.25, -0.2) is 0 Å². The second kappa shape index (κ2) is 6.79. The van der Waals surface area contributed by atoms with Crippen molar-refractivity contribution in [3.63, 3.8) is 0 Å². The van der Waals surface area contributed by atoms with Crippen LogP contribution in [0, 0.1) is 6.92 Å². The standard InChI is InChI=1S/C16H23BrN2O2/c1-10-7-14(5-6-15(10)17)18-13(4)16(20)19-8-11(2)21-12(3)9-19/h5-7,11-13,18H,8-9H2,1-4H3/t11-,12-,13+/m1/s1. The molecule has 1 aliphatic heterocycles. The number of morpholine rings is 1. The lowest BCUT2D eigenvalue weighted by molar-refractivity contribution is -0.143. The Morgan fingerprint density at radius 1 is 1.38 bits per heavy atom. The van der Waals surface area contributed by atoms with Crippen LogP contribution in [0.1, 0.15) is 26.3 Å². The number of amides is 1. The number of aryl methyl sites for hydroxylation is 1. The van der Waals surface area contributed by atoms with Crippen LogP contribution >= 0.6 is 15.9 Å². The highest BCUT2D eigenvalue weighted by molar-refractivity contribution is 9.10. The van der Waals surface area contributed by atoms with E-state index in [9.17, 15) is 4.79 Å². The van der Waals surface area contributed by atoms with Gasteiger partial charge < -0.3 is 15.0 Å². The van der Waals surface area contributed by atoms with Gasteiger partial charge in [0.2, 0.25) is 5.91 Å². The van der Waals surface area contributed by atoms with Crippen molar-refractivity contribution in [2.45, 2.75) is 45.9 Å². The summed E-state index contributed by atoms with van der Waals surface area (Å²) in [6, 6.07) is 5.76. The summed E-state index contributed by atoms with van der Waals surface area (Å²) in [4.78, 5) is 14.4. The summed E-state index contributed by atoms with van der Waals surface area (Å²) in [5, 5.41) is 3.28. The molecule has 3 atom stereocenters. The van der Waals surface area contributed by atoms with Crippen molar-refractivity contribution < 1.29 is 9.53 Å². The molecule has 0 aromatic heterocycles. The number of rotatable bonds is 3. The summed E-state index contributed by atoms with van der Waals surface area (Å²) >= 11 is 3.48. The fourth-order valence-corrected chi connectivity index (χ4v) is 2.92. The fourth-order valence-electron chi connectivity index (χ4n) is 2.68. The zero-order valence-corrected chi connectivity index (χ0v) is 14.6. The Morgan fingerprint density at radius 2 is 2.00 bits per heavy atom. The molecule has 21 heavy (non-hydrogen) atoms. The quantitative estimate of drug-likeness (QED) is 0.906. The second-order valence-electron chi connectivity index (χ2n) is 5.83. The molecule has 1 heterocycles. The van der Waals surface area contributed by atoms with Crippen LogP contribution in [0.3, 0.4) is 0 Å². The van der Waals surface area contributed by atoms with Crippen LogP contribution in [0.2, 0.25) is 0 Å². The first-order valence-corrected chi connectivity index (χ1v) is 8.13. The van der Waals surface area contributed by atoms with E-state index in [1.54, 1.807) is 0 Å². The van der Waals surface area contributed by atoms with Crippen LogP contribution in [0.4, 0.5) is 5.69 Å². The van der Waals surface area contributed by atoms with Gasteiger partial charge in [0.1, 0.15) is 6.04 Å². The molecule has 1 aromatic carbocycles. The molecule has 0 bridgehead atoms. The molecule has 0 spiro atoms. The number of carbonyl (C=O) groups is 1. The van der Waals surface area contributed by atoms with E-state index in [1.807, 2.05) is 50.8 Å². The average molecular weight is 355 g/mol. The van der Waals surface area contributed by atoms with Gasteiger partial charge in [-0.05, 0) is 51.5 Å². The lowest BCUT2D eigenvalue weighted by Gasteiger charge is -2.36. The highest BCUT2D eigenvalue weighted by atomic mass is 79.9. The fraction of sp³-hybridized carbons (Fsp3) is 0.562. The molecule has 0 unspecified atom stereocenters. The van der Waals surface area contributed by atoms with E-state index < -0.39 is 0 Å². The predicted octanol–water partition coefficient (Wildman–Crippen LogP) is 3.19. The molecule has 1 N–H and O–H groups in total. The minimum Gasteiger partial charge on any atom is -0.374 e. The highest BCUT2D eigenvalue weighted by Gasteiger charge is 2.28. The lowest BCUT2D eigenvalue weighted by Crippen LogP contribution is -2.52. The van der Waals surface area contributed by atoms with E-state index in [1.165, 1.54) is 0 Å². The van der Waals surface area contributed by atoms with Gasteiger partial charge in [0.15, 0.2) is 0 Å². The molecule has 2 rings (SSSR count). The van der Waals surface area contributed by atoms with Crippen molar-refractivity contribution in [2.24, 2.45) is 0 Å². The minimum absolute atomic E-state index is 0.0971. The molecule has 5 heteroatoms. The number of nitrogens with one attached hydrogen (secondary N) is 1. The Bertz CT molecular complexity index is 511. The normalized spacial score (nSPS) is 23.8. The summed E-state index contributed by atoms with van der Waals surface area (Å²) in [6.45, 7) is 9.28. The number of carbonyl (C=O) groups excluding carboxylic acids is 1. The lowest BCUT2D eigenvalue weighted by atomic mass is 10.1. The Kier molecular flexibility index (Phi) is 5.27. The van der Waals surface area contributed by atoms with E-state index in [0.717, 1.165) is 15.7 Å². The third-order valence-electron chi connectivity index (χ3n) is 3.64. The van der Waals surface area contributed by atoms with E-state index >= 15 is 0 Å². The van der Waals surface area contributed by atoms with E-state index in [-0.39, 0.29) is 24.2 Å². The topological polar surface area (TPSA) is 41.6 Å². The first-order chi connectivity index (χ1) is 9.86. The van der Waals surface area contributed by atoms with Gasteiger partial charge in [0.05, 0.1) is 12.2 Å². The van der Waals surface area contributed by atoms with Crippen molar-refractivity contribution in [3.8, 4) is 0 Å². The molecule has 4 nitrogen and oxygen atoms in total. The van der Waals surface area contributed by atoms with Crippen LogP contribution in [0.5, 0.6) is 0 Å². The van der Waals surface area contributed by atoms with Crippen molar-refractivity contribution in [2.75, 3.05) is 18.4 Å².